The lowest BCUT2D eigenvalue weighted by molar-refractivity contribution is 0.492. The summed E-state index contributed by atoms with van der Waals surface area (Å²) in [5.41, 5.74) is 0.734. The summed E-state index contributed by atoms with van der Waals surface area (Å²) in [6.07, 6.45) is 5.87. The Balaban J connectivity index is 1.94. The highest BCUT2D eigenvalue weighted by Gasteiger charge is 2.05. The molecule has 0 atom stereocenters. The molecule has 0 fully saturated rings. The number of pyridine rings is 1. The van der Waals surface area contributed by atoms with E-state index in [0.29, 0.717) is 5.82 Å². The standard InChI is InChI=1S/C11H14N6/c12-7-3-1-5-9-17-15-11(14-16-17)10-6-2-4-8-13-10/h2,4,6-8,12H,1,3,5,9H2. The zero-order valence-corrected chi connectivity index (χ0v) is 9.45. The van der Waals surface area contributed by atoms with Gasteiger partial charge in [0.1, 0.15) is 5.69 Å². The van der Waals surface area contributed by atoms with Crippen LogP contribution < -0.4 is 0 Å². The molecule has 2 rings (SSSR count). The second-order valence-electron chi connectivity index (χ2n) is 3.62. The average molecular weight is 230 g/mol. The zero-order valence-electron chi connectivity index (χ0n) is 9.45. The van der Waals surface area contributed by atoms with Gasteiger partial charge < -0.3 is 5.41 Å². The zero-order chi connectivity index (χ0) is 11.9. The van der Waals surface area contributed by atoms with E-state index in [9.17, 15) is 0 Å². The van der Waals surface area contributed by atoms with Gasteiger partial charge in [0.2, 0.25) is 5.82 Å². The van der Waals surface area contributed by atoms with Crippen molar-refractivity contribution < 1.29 is 0 Å². The number of nitrogens with zero attached hydrogens (tertiary/aromatic N) is 5. The van der Waals surface area contributed by atoms with Crippen molar-refractivity contribution in [3.05, 3.63) is 24.4 Å². The van der Waals surface area contributed by atoms with E-state index in [4.69, 9.17) is 5.41 Å². The van der Waals surface area contributed by atoms with Gasteiger partial charge in [-0.05, 0) is 42.8 Å². The number of tetrazole rings is 1. The first-order valence-electron chi connectivity index (χ1n) is 5.58. The Kier molecular flexibility index (Phi) is 3.90. The van der Waals surface area contributed by atoms with Crippen LogP contribution in [0.3, 0.4) is 0 Å². The van der Waals surface area contributed by atoms with Crippen molar-refractivity contribution in [2.75, 3.05) is 0 Å². The van der Waals surface area contributed by atoms with Gasteiger partial charge in [0.05, 0.1) is 6.54 Å². The summed E-state index contributed by atoms with van der Waals surface area (Å²) in [5.74, 6) is 0.553. The Morgan fingerprint density at radius 3 is 3.00 bits per heavy atom. The number of nitrogens with one attached hydrogen (secondary N) is 1. The van der Waals surface area contributed by atoms with E-state index >= 15 is 0 Å². The van der Waals surface area contributed by atoms with Crippen LogP contribution in [0.25, 0.3) is 11.5 Å². The highest BCUT2D eigenvalue weighted by Crippen LogP contribution is 2.08. The Morgan fingerprint density at radius 1 is 1.29 bits per heavy atom. The molecule has 0 aliphatic rings. The Hall–Kier alpha value is -2.11. The molecule has 0 radical (unpaired) electrons. The third-order valence-electron chi connectivity index (χ3n) is 2.30. The molecule has 1 N–H and O–H groups in total. The molecular weight excluding hydrogens is 216 g/mol. The number of hydrogen-bond acceptors (Lipinski definition) is 5. The van der Waals surface area contributed by atoms with Gasteiger partial charge >= 0.3 is 0 Å². The number of aromatic nitrogens is 5. The van der Waals surface area contributed by atoms with Crippen molar-refractivity contribution in [2.24, 2.45) is 0 Å². The van der Waals surface area contributed by atoms with Crippen LogP contribution >= 0.6 is 0 Å². The number of rotatable bonds is 6. The Labute approximate surface area is 99.2 Å². The lowest BCUT2D eigenvalue weighted by Gasteiger charge is -1.96. The summed E-state index contributed by atoms with van der Waals surface area (Å²) in [4.78, 5) is 5.74. The molecule has 0 bridgehead atoms. The molecule has 2 heterocycles. The van der Waals surface area contributed by atoms with Gasteiger partial charge in [-0.25, -0.2) is 0 Å². The quantitative estimate of drug-likeness (QED) is 0.603. The number of unbranched alkanes of at least 4 members (excludes halogenated alkanes) is 2. The molecule has 88 valence electrons. The van der Waals surface area contributed by atoms with Crippen molar-refractivity contribution in [1.82, 2.24) is 25.2 Å². The van der Waals surface area contributed by atoms with Crippen molar-refractivity contribution in [1.29, 1.82) is 5.41 Å². The third-order valence-corrected chi connectivity index (χ3v) is 2.30. The lowest BCUT2D eigenvalue weighted by Crippen LogP contribution is -2.02. The van der Waals surface area contributed by atoms with Crippen molar-refractivity contribution in [3.8, 4) is 11.5 Å². The van der Waals surface area contributed by atoms with Gasteiger partial charge in [0, 0.05) is 6.20 Å². The van der Waals surface area contributed by atoms with Crippen LogP contribution in [-0.2, 0) is 6.54 Å². The molecular formula is C11H14N6. The first kappa shape index (κ1) is 11.4. The highest BCUT2D eigenvalue weighted by molar-refractivity contribution is 5.52. The minimum absolute atomic E-state index is 0.553. The van der Waals surface area contributed by atoms with Gasteiger partial charge in [-0.15, -0.1) is 10.2 Å². The molecule has 0 aliphatic carbocycles. The predicted molar refractivity (Wildman–Crippen MR) is 63.7 cm³/mol. The largest absolute Gasteiger partial charge is 0.313 e. The van der Waals surface area contributed by atoms with E-state index in [2.05, 4.69) is 20.4 Å². The van der Waals surface area contributed by atoms with E-state index in [1.807, 2.05) is 18.2 Å². The summed E-state index contributed by atoms with van der Waals surface area (Å²) in [5, 5.41) is 19.1. The number of aryl methyl sites for hydroxylation is 1. The van der Waals surface area contributed by atoms with Crippen molar-refractivity contribution >= 4 is 6.21 Å². The molecule has 0 aliphatic heterocycles. The van der Waals surface area contributed by atoms with Crippen LogP contribution in [-0.4, -0.2) is 31.4 Å². The molecule has 0 aromatic carbocycles. The van der Waals surface area contributed by atoms with E-state index in [1.54, 1.807) is 11.0 Å². The molecule has 0 amide bonds. The fourth-order valence-corrected chi connectivity index (χ4v) is 1.44. The predicted octanol–water partition coefficient (Wildman–Crippen LogP) is 1.55. The minimum Gasteiger partial charge on any atom is -0.313 e. The molecule has 2 aromatic rings. The molecule has 0 spiro atoms. The Bertz CT molecular complexity index is 464. The van der Waals surface area contributed by atoms with Crippen molar-refractivity contribution in [3.63, 3.8) is 0 Å². The topological polar surface area (TPSA) is 80.3 Å². The minimum atomic E-state index is 0.553. The maximum absolute atomic E-state index is 6.92. The van der Waals surface area contributed by atoms with Crippen LogP contribution in [0.4, 0.5) is 0 Å². The second kappa shape index (κ2) is 5.83. The maximum atomic E-state index is 6.92. The fourth-order valence-electron chi connectivity index (χ4n) is 1.44. The van der Waals surface area contributed by atoms with Gasteiger partial charge in [-0.1, -0.05) is 6.07 Å². The average Bonchev–Trinajstić information content (AvgIpc) is 2.85. The monoisotopic (exact) mass is 230 g/mol. The third kappa shape index (κ3) is 3.17. The van der Waals surface area contributed by atoms with E-state index < -0.39 is 0 Å². The molecule has 17 heavy (non-hydrogen) atoms. The van der Waals surface area contributed by atoms with E-state index in [-0.39, 0.29) is 0 Å². The highest BCUT2D eigenvalue weighted by atomic mass is 15.6. The summed E-state index contributed by atoms with van der Waals surface area (Å²) in [7, 11) is 0. The summed E-state index contributed by atoms with van der Waals surface area (Å²) in [6.45, 7) is 0.730. The maximum Gasteiger partial charge on any atom is 0.223 e. The summed E-state index contributed by atoms with van der Waals surface area (Å²) in [6, 6.07) is 5.61. The van der Waals surface area contributed by atoms with Gasteiger partial charge in [0.15, 0.2) is 0 Å². The molecule has 0 saturated carbocycles. The van der Waals surface area contributed by atoms with Crippen LogP contribution in [0, 0.1) is 5.41 Å². The van der Waals surface area contributed by atoms with Gasteiger partial charge in [-0.2, -0.15) is 4.80 Å². The van der Waals surface area contributed by atoms with Crippen LogP contribution in [0.2, 0.25) is 0 Å². The molecule has 2 aromatic heterocycles. The lowest BCUT2D eigenvalue weighted by atomic mass is 10.2. The molecule has 0 saturated heterocycles. The van der Waals surface area contributed by atoms with Crippen LogP contribution in [0.5, 0.6) is 0 Å². The normalized spacial score (nSPS) is 10.4. The Morgan fingerprint density at radius 2 is 2.24 bits per heavy atom. The first-order valence-corrected chi connectivity index (χ1v) is 5.58. The SMILES string of the molecule is N=CCCCCn1nnc(-c2ccccn2)n1. The fraction of sp³-hybridized carbons (Fsp3) is 0.364. The van der Waals surface area contributed by atoms with Gasteiger partial charge in [0.25, 0.3) is 0 Å². The summed E-state index contributed by atoms with van der Waals surface area (Å²) >= 11 is 0. The van der Waals surface area contributed by atoms with E-state index in [0.717, 1.165) is 31.5 Å². The summed E-state index contributed by atoms with van der Waals surface area (Å²) < 4.78 is 0. The first-order chi connectivity index (χ1) is 8.40. The molecule has 6 heteroatoms. The van der Waals surface area contributed by atoms with Crippen LogP contribution in [0.15, 0.2) is 24.4 Å². The van der Waals surface area contributed by atoms with Crippen LogP contribution in [0.1, 0.15) is 19.3 Å². The van der Waals surface area contributed by atoms with Gasteiger partial charge in [-0.3, -0.25) is 4.98 Å². The molecule has 0 unspecified atom stereocenters. The smallest absolute Gasteiger partial charge is 0.223 e. The molecule has 6 nitrogen and oxygen atoms in total. The second-order valence-corrected chi connectivity index (χ2v) is 3.62. The van der Waals surface area contributed by atoms with E-state index in [1.165, 1.54) is 6.21 Å². The number of hydrogen-bond donors (Lipinski definition) is 1. The van der Waals surface area contributed by atoms with Crippen molar-refractivity contribution in [2.45, 2.75) is 25.8 Å².